The number of halogens is 1. The van der Waals surface area contributed by atoms with Crippen LogP contribution in [0.3, 0.4) is 0 Å². The minimum atomic E-state index is -0.384. The lowest BCUT2D eigenvalue weighted by molar-refractivity contribution is -0.128. The number of benzene rings is 1. The zero-order valence-corrected chi connectivity index (χ0v) is 14.4. The predicted molar refractivity (Wildman–Crippen MR) is 91.9 cm³/mol. The molecule has 0 aromatic heterocycles. The zero-order chi connectivity index (χ0) is 17.3. The molecule has 0 aliphatic carbocycles. The van der Waals surface area contributed by atoms with Gasteiger partial charge in [0.15, 0.2) is 5.96 Å². The Kier molecular flexibility index (Phi) is 7.51. The lowest BCUT2D eigenvalue weighted by Crippen LogP contribution is -2.43. The fourth-order valence-electron chi connectivity index (χ4n) is 1.86. The summed E-state index contributed by atoms with van der Waals surface area (Å²) >= 11 is 0. The second-order valence-electron chi connectivity index (χ2n) is 6.31. The fraction of sp³-hybridized carbons (Fsp3) is 0.529. The summed E-state index contributed by atoms with van der Waals surface area (Å²) in [5.41, 5.74) is 0.552. The molecular weight excluding hydrogens is 295 g/mol. The average molecular weight is 322 g/mol. The minimum Gasteiger partial charge on any atom is -0.356 e. The first-order valence-corrected chi connectivity index (χ1v) is 7.80. The number of guanidine groups is 1. The zero-order valence-electron chi connectivity index (χ0n) is 14.4. The van der Waals surface area contributed by atoms with E-state index in [0.29, 0.717) is 32.0 Å². The molecule has 0 radical (unpaired) electrons. The summed E-state index contributed by atoms with van der Waals surface area (Å²) in [5.74, 6) is 0.458. The summed E-state index contributed by atoms with van der Waals surface area (Å²) < 4.78 is 13.1. The van der Waals surface area contributed by atoms with Crippen LogP contribution in [0.25, 0.3) is 0 Å². The molecule has 3 N–H and O–H groups in total. The van der Waals surface area contributed by atoms with Gasteiger partial charge in [0.1, 0.15) is 5.82 Å². The fourth-order valence-corrected chi connectivity index (χ4v) is 1.86. The van der Waals surface area contributed by atoms with Crippen LogP contribution in [-0.4, -0.2) is 38.5 Å². The van der Waals surface area contributed by atoms with Crippen LogP contribution in [0.5, 0.6) is 0 Å². The highest BCUT2D eigenvalue weighted by Gasteiger charge is 2.20. The van der Waals surface area contributed by atoms with Crippen LogP contribution in [0.4, 0.5) is 4.39 Å². The number of nitrogens with zero attached hydrogens (tertiary/aromatic N) is 1. The second-order valence-corrected chi connectivity index (χ2v) is 6.31. The number of nitrogens with one attached hydrogen (secondary N) is 3. The molecule has 0 bridgehead atoms. The number of rotatable bonds is 6. The Labute approximate surface area is 137 Å². The van der Waals surface area contributed by atoms with E-state index in [-0.39, 0.29) is 17.1 Å². The third-order valence-electron chi connectivity index (χ3n) is 3.20. The molecule has 0 aliphatic heterocycles. The first-order chi connectivity index (χ1) is 10.8. The van der Waals surface area contributed by atoms with E-state index >= 15 is 0 Å². The summed E-state index contributed by atoms with van der Waals surface area (Å²) in [4.78, 5) is 15.8. The molecule has 1 amide bonds. The molecule has 0 heterocycles. The van der Waals surface area contributed by atoms with Crippen molar-refractivity contribution in [1.82, 2.24) is 16.0 Å². The van der Waals surface area contributed by atoms with E-state index in [1.807, 2.05) is 26.8 Å². The largest absolute Gasteiger partial charge is 0.356 e. The molecule has 1 aromatic rings. The molecule has 0 saturated heterocycles. The van der Waals surface area contributed by atoms with Crippen LogP contribution in [-0.2, 0) is 11.2 Å². The molecule has 0 spiro atoms. The van der Waals surface area contributed by atoms with Crippen molar-refractivity contribution < 1.29 is 9.18 Å². The van der Waals surface area contributed by atoms with E-state index in [2.05, 4.69) is 20.9 Å². The van der Waals surface area contributed by atoms with E-state index in [0.717, 1.165) is 5.56 Å². The molecular formula is C17H27FN4O. The van der Waals surface area contributed by atoms with Gasteiger partial charge in [-0.1, -0.05) is 32.9 Å². The van der Waals surface area contributed by atoms with E-state index in [4.69, 9.17) is 0 Å². The van der Waals surface area contributed by atoms with Crippen molar-refractivity contribution in [3.63, 3.8) is 0 Å². The van der Waals surface area contributed by atoms with Gasteiger partial charge in [-0.2, -0.15) is 0 Å². The predicted octanol–water partition coefficient (Wildman–Crippen LogP) is 1.70. The van der Waals surface area contributed by atoms with Crippen molar-refractivity contribution in [2.45, 2.75) is 27.2 Å². The Morgan fingerprint density at radius 3 is 2.39 bits per heavy atom. The van der Waals surface area contributed by atoms with Crippen LogP contribution in [0.2, 0.25) is 0 Å². The molecule has 1 rings (SSSR count). The molecule has 128 valence electrons. The summed E-state index contributed by atoms with van der Waals surface area (Å²) in [5, 5.41) is 9.15. The lowest BCUT2D eigenvalue weighted by Gasteiger charge is -2.18. The summed E-state index contributed by atoms with van der Waals surface area (Å²) in [6.45, 7) is 7.40. The van der Waals surface area contributed by atoms with Gasteiger partial charge < -0.3 is 16.0 Å². The van der Waals surface area contributed by atoms with Crippen molar-refractivity contribution in [1.29, 1.82) is 0 Å². The van der Waals surface area contributed by atoms with E-state index < -0.39 is 0 Å². The van der Waals surface area contributed by atoms with E-state index in [1.54, 1.807) is 13.1 Å². The van der Waals surface area contributed by atoms with Gasteiger partial charge in [-0.05, 0) is 24.1 Å². The number of amides is 1. The highest BCUT2D eigenvalue weighted by Crippen LogP contribution is 2.11. The van der Waals surface area contributed by atoms with Crippen molar-refractivity contribution in [3.05, 3.63) is 35.6 Å². The molecule has 6 heteroatoms. The topological polar surface area (TPSA) is 65.5 Å². The first kappa shape index (κ1) is 18.9. The molecule has 23 heavy (non-hydrogen) atoms. The van der Waals surface area contributed by atoms with Gasteiger partial charge in [-0.25, -0.2) is 4.39 Å². The van der Waals surface area contributed by atoms with Crippen molar-refractivity contribution in [2.75, 3.05) is 26.7 Å². The molecule has 0 aliphatic rings. The molecule has 1 aromatic carbocycles. The van der Waals surface area contributed by atoms with Gasteiger partial charge in [-0.3, -0.25) is 9.79 Å². The van der Waals surface area contributed by atoms with Crippen LogP contribution in [0, 0.1) is 11.2 Å². The molecule has 5 nitrogen and oxygen atoms in total. The van der Waals surface area contributed by atoms with Gasteiger partial charge in [0.25, 0.3) is 0 Å². The van der Waals surface area contributed by atoms with Gasteiger partial charge in [-0.15, -0.1) is 0 Å². The smallest absolute Gasteiger partial charge is 0.225 e. The van der Waals surface area contributed by atoms with Crippen LogP contribution < -0.4 is 16.0 Å². The SMILES string of the molecule is CN=C(NCCNC(=O)C(C)(C)C)NCCc1cccc(F)c1. The number of hydrogen-bond donors (Lipinski definition) is 3. The lowest BCUT2D eigenvalue weighted by atomic mass is 9.96. The summed E-state index contributed by atoms with van der Waals surface area (Å²) in [6.07, 6.45) is 0.708. The Balaban J connectivity index is 2.24. The maximum absolute atomic E-state index is 13.1. The van der Waals surface area contributed by atoms with Crippen LogP contribution >= 0.6 is 0 Å². The highest BCUT2D eigenvalue weighted by atomic mass is 19.1. The third kappa shape index (κ3) is 7.63. The molecule has 0 atom stereocenters. The van der Waals surface area contributed by atoms with Crippen molar-refractivity contribution in [2.24, 2.45) is 10.4 Å². The van der Waals surface area contributed by atoms with E-state index in [9.17, 15) is 9.18 Å². The molecule has 0 fully saturated rings. The third-order valence-corrected chi connectivity index (χ3v) is 3.20. The maximum atomic E-state index is 13.1. The second kappa shape index (κ2) is 9.12. The normalized spacial score (nSPS) is 12.0. The molecule has 0 unspecified atom stereocenters. The summed E-state index contributed by atoms with van der Waals surface area (Å²) in [7, 11) is 1.69. The number of carbonyl (C=O) groups is 1. The monoisotopic (exact) mass is 322 g/mol. The highest BCUT2D eigenvalue weighted by molar-refractivity contribution is 5.81. The van der Waals surface area contributed by atoms with Crippen LogP contribution in [0.1, 0.15) is 26.3 Å². The van der Waals surface area contributed by atoms with Gasteiger partial charge in [0.05, 0.1) is 0 Å². The van der Waals surface area contributed by atoms with Gasteiger partial charge >= 0.3 is 0 Å². The van der Waals surface area contributed by atoms with E-state index in [1.165, 1.54) is 12.1 Å². The summed E-state index contributed by atoms with van der Waals surface area (Å²) in [6, 6.07) is 6.56. The quantitative estimate of drug-likeness (QED) is 0.424. The maximum Gasteiger partial charge on any atom is 0.225 e. The van der Waals surface area contributed by atoms with Gasteiger partial charge in [0.2, 0.25) is 5.91 Å². The van der Waals surface area contributed by atoms with Gasteiger partial charge in [0, 0.05) is 32.1 Å². The number of hydrogen-bond acceptors (Lipinski definition) is 2. The number of carbonyl (C=O) groups excluding carboxylic acids is 1. The van der Waals surface area contributed by atoms with Crippen molar-refractivity contribution in [3.8, 4) is 0 Å². The standard InChI is InChI=1S/C17H27FN4O/c1-17(2,3)15(23)20-10-11-22-16(19-4)21-9-8-13-6-5-7-14(18)12-13/h5-7,12H,8-11H2,1-4H3,(H,20,23)(H2,19,21,22). The Morgan fingerprint density at radius 1 is 1.13 bits per heavy atom. The van der Waals surface area contributed by atoms with Crippen LogP contribution in [0.15, 0.2) is 29.3 Å². The number of aliphatic imine (C=N–C) groups is 1. The minimum absolute atomic E-state index is 0.0216. The Bertz CT molecular complexity index is 538. The van der Waals surface area contributed by atoms with Crippen molar-refractivity contribution >= 4 is 11.9 Å². The Hall–Kier alpha value is -2.11. The average Bonchev–Trinajstić information content (AvgIpc) is 2.48. The Morgan fingerprint density at radius 2 is 1.78 bits per heavy atom. The molecule has 0 saturated carbocycles. The first-order valence-electron chi connectivity index (χ1n) is 7.80.